The van der Waals surface area contributed by atoms with Crippen molar-refractivity contribution in [2.75, 3.05) is 0 Å². The number of aliphatic hydroxyl groups is 1. The predicted octanol–water partition coefficient (Wildman–Crippen LogP) is 4.71. The topological polar surface area (TPSA) is 20.2 Å². The van der Waals surface area contributed by atoms with Gasteiger partial charge in [0.1, 0.15) is 0 Å². The summed E-state index contributed by atoms with van der Waals surface area (Å²) in [5, 5.41) is 10.1. The Labute approximate surface area is 126 Å². The second-order valence-corrected chi connectivity index (χ2v) is 7.43. The van der Waals surface area contributed by atoms with Crippen molar-refractivity contribution in [1.82, 2.24) is 0 Å². The van der Waals surface area contributed by atoms with E-state index < -0.39 is 0 Å². The molecule has 0 aliphatic heterocycles. The fourth-order valence-corrected chi connectivity index (χ4v) is 4.38. The summed E-state index contributed by atoms with van der Waals surface area (Å²) in [7, 11) is 0. The number of hydrogen-bond acceptors (Lipinski definition) is 1. The van der Waals surface area contributed by atoms with Crippen molar-refractivity contribution in [3.8, 4) is 0 Å². The fraction of sp³-hybridized carbons (Fsp3) is 0.600. The third-order valence-corrected chi connectivity index (χ3v) is 7.14. The molecule has 0 aromatic carbocycles. The van der Waals surface area contributed by atoms with E-state index in [1.807, 2.05) is 4.99 Å². The first-order chi connectivity index (χ1) is 8.35. The average molecular weight is 376 g/mol. The minimum Gasteiger partial charge on any atom is -0.392 e. The molecule has 0 radical (unpaired) electrons. The highest BCUT2D eigenvalue weighted by Gasteiger charge is 2.54. The van der Waals surface area contributed by atoms with Gasteiger partial charge in [0.2, 0.25) is 0 Å². The van der Waals surface area contributed by atoms with Gasteiger partial charge in [-0.1, -0.05) is 70.0 Å². The molecule has 2 aliphatic rings. The lowest BCUT2D eigenvalue weighted by molar-refractivity contribution is 0.0288. The molecular formula is C15H20Br2O. The number of hydrogen-bond donors (Lipinski definition) is 1. The van der Waals surface area contributed by atoms with Crippen LogP contribution in [-0.2, 0) is 0 Å². The lowest BCUT2D eigenvalue weighted by Crippen LogP contribution is -2.53. The molecule has 3 heteroatoms. The normalized spacial score (nSPS) is 41.6. The number of halogens is 2. The Morgan fingerprint density at radius 1 is 1.50 bits per heavy atom. The first kappa shape index (κ1) is 14.5. The summed E-state index contributed by atoms with van der Waals surface area (Å²) in [6, 6.07) is 0. The first-order valence-electron chi connectivity index (χ1n) is 6.34. The Kier molecular flexibility index (Phi) is 3.97. The maximum Gasteiger partial charge on any atom is 0.0708 e. The van der Waals surface area contributed by atoms with Crippen molar-refractivity contribution >= 4 is 31.9 Å². The van der Waals surface area contributed by atoms with Crippen LogP contribution >= 0.6 is 31.9 Å². The molecule has 0 aromatic heterocycles. The van der Waals surface area contributed by atoms with Crippen LogP contribution in [0.3, 0.4) is 0 Å². The molecule has 0 heterocycles. The molecule has 1 N–H and O–H groups in total. The van der Waals surface area contributed by atoms with Crippen molar-refractivity contribution in [2.45, 2.75) is 44.0 Å². The van der Waals surface area contributed by atoms with Gasteiger partial charge in [0, 0.05) is 10.2 Å². The molecule has 1 spiro atoms. The summed E-state index contributed by atoms with van der Waals surface area (Å²) in [5.41, 5.74) is 2.46. The molecule has 100 valence electrons. The smallest absolute Gasteiger partial charge is 0.0708 e. The van der Waals surface area contributed by atoms with E-state index in [1.54, 1.807) is 0 Å². The van der Waals surface area contributed by atoms with E-state index in [1.165, 1.54) is 11.1 Å². The molecule has 0 amide bonds. The Morgan fingerprint density at radius 2 is 2.17 bits per heavy atom. The summed E-state index contributed by atoms with van der Waals surface area (Å²) in [4.78, 5) is 2.10. The third kappa shape index (κ3) is 1.99. The van der Waals surface area contributed by atoms with Crippen LogP contribution in [0.15, 0.2) is 34.9 Å². The average Bonchev–Trinajstić information content (AvgIpc) is 2.35. The van der Waals surface area contributed by atoms with Crippen LogP contribution in [0.5, 0.6) is 0 Å². The van der Waals surface area contributed by atoms with Gasteiger partial charge in [-0.25, -0.2) is 0 Å². The highest BCUT2D eigenvalue weighted by molar-refractivity contribution is 9.11. The molecule has 2 rings (SSSR count). The van der Waals surface area contributed by atoms with Crippen LogP contribution in [0.25, 0.3) is 0 Å². The Balaban J connectivity index is 2.45. The molecule has 1 fully saturated rings. The zero-order valence-corrected chi connectivity index (χ0v) is 14.1. The standard InChI is InChI=1S/C15H20Br2O/c1-10-8-12(18)13(17)14(2,3)15(10)6-4-11(9-16)5-7-15/h4,6,9,12-13,18H,1,5,7-8H2,2-3H3/b11-9+/t12-,13-,15-/m0/s1. The van der Waals surface area contributed by atoms with E-state index in [2.05, 4.69) is 64.4 Å². The second-order valence-electron chi connectivity index (χ2n) is 5.99. The monoisotopic (exact) mass is 374 g/mol. The van der Waals surface area contributed by atoms with Gasteiger partial charge in [0.15, 0.2) is 0 Å². The summed E-state index contributed by atoms with van der Waals surface area (Å²) in [6.45, 7) is 8.72. The SMILES string of the molecule is C=C1C[C@H](O)[C@H](Br)C(C)(C)[C@]12C=C/C(=C\Br)CC2. The lowest BCUT2D eigenvalue weighted by Gasteiger charge is -2.55. The van der Waals surface area contributed by atoms with E-state index in [0.29, 0.717) is 6.42 Å². The minimum atomic E-state index is -0.334. The van der Waals surface area contributed by atoms with Gasteiger partial charge in [0.05, 0.1) is 6.10 Å². The van der Waals surface area contributed by atoms with Crippen molar-refractivity contribution in [1.29, 1.82) is 0 Å². The van der Waals surface area contributed by atoms with Gasteiger partial charge in [-0.3, -0.25) is 0 Å². The van der Waals surface area contributed by atoms with Crippen LogP contribution in [0.2, 0.25) is 0 Å². The molecular weight excluding hydrogens is 356 g/mol. The van der Waals surface area contributed by atoms with Crippen LogP contribution in [0.4, 0.5) is 0 Å². The Bertz CT molecular complexity index is 422. The quantitative estimate of drug-likeness (QED) is 0.480. The predicted molar refractivity (Wildman–Crippen MR) is 84.1 cm³/mol. The highest BCUT2D eigenvalue weighted by atomic mass is 79.9. The number of allylic oxidation sites excluding steroid dienone is 3. The Morgan fingerprint density at radius 3 is 2.67 bits per heavy atom. The lowest BCUT2D eigenvalue weighted by atomic mass is 9.52. The highest BCUT2D eigenvalue weighted by Crippen LogP contribution is 2.60. The first-order valence-corrected chi connectivity index (χ1v) is 8.17. The summed E-state index contributed by atoms with van der Waals surface area (Å²) in [6.07, 6.45) is 6.98. The van der Waals surface area contributed by atoms with Crippen molar-refractivity contribution in [2.24, 2.45) is 10.8 Å². The van der Waals surface area contributed by atoms with Gasteiger partial charge >= 0.3 is 0 Å². The summed E-state index contributed by atoms with van der Waals surface area (Å²) in [5.74, 6) is 0. The largest absolute Gasteiger partial charge is 0.392 e. The maximum absolute atomic E-state index is 10.1. The molecule has 3 atom stereocenters. The van der Waals surface area contributed by atoms with Crippen molar-refractivity contribution < 1.29 is 5.11 Å². The Hall–Kier alpha value is 0.140. The van der Waals surface area contributed by atoms with Crippen LogP contribution in [-0.4, -0.2) is 16.0 Å². The molecule has 1 nitrogen and oxygen atoms in total. The molecule has 0 unspecified atom stereocenters. The molecule has 2 aliphatic carbocycles. The molecule has 1 saturated carbocycles. The number of alkyl halides is 1. The molecule has 18 heavy (non-hydrogen) atoms. The summed E-state index contributed by atoms with van der Waals surface area (Å²) < 4.78 is 0. The van der Waals surface area contributed by atoms with Gasteiger partial charge in [-0.15, -0.1) is 0 Å². The van der Waals surface area contributed by atoms with Crippen LogP contribution in [0.1, 0.15) is 33.1 Å². The van der Waals surface area contributed by atoms with Gasteiger partial charge in [-0.2, -0.15) is 0 Å². The van der Waals surface area contributed by atoms with E-state index in [9.17, 15) is 5.11 Å². The fourth-order valence-electron chi connectivity index (χ4n) is 3.40. The van der Waals surface area contributed by atoms with Gasteiger partial charge < -0.3 is 5.11 Å². The zero-order chi connectivity index (χ0) is 13.6. The van der Waals surface area contributed by atoms with Gasteiger partial charge in [0.25, 0.3) is 0 Å². The summed E-state index contributed by atoms with van der Waals surface area (Å²) >= 11 is 7.10. The third-order valence-electron chi connectivity index (χ3n) is 4.79. The van der Waals surface area contributed by atoms with E-state index in [-0.39, 0.29) is 21.8 Å². The van der Waals surface area contributed by atoms with E-state index in [4.69, 9.17) is 0 Å². The second kappa shape index (κ2) is 4.92. The van der Waals surface area contributed by atoms with Gasteiger partial charge in [-0.05, 0) is 35.2 Å². The van der Waals surface area contributed by atoms with Crippen molar-refractivity contribution in [3.63, 3.8) is 0 Å². The molecule has 0 saturated heterocycles. The van der Waals surface area contributed by atoms with Crippen LogP contribution in [0, 0.1) is 10.8 Å². The van der Waals surface area contributed by atoms with E-state index >= 15 is 0 Å². The molecule has 0 aromatic rings. The van der Waals surface area contributed by atoms with Crippen LogP contribution < -0.4 is 0 Å². The number of aliphatic hydroxyl groups excluding tert-OH is 1. The zero-order valence-electron chi connectivity index (χ0n) is 10.9. The van der Waals surface area contributed by atoms with E-state index in [0.717, 1.165) is 12.8 Å². The minimum absolute atomic E-state index is 0.0000926. The van der Waals surface area contributed by atoms with Crippen molar-refractivity contribution in [3.05, 3.63) is 34.9 Å². The molecule has 0 bridgehead atoms. The number of rotatable bonds is 0. The maximum atomic E-state index is 10.1.